The van der Waals surface area contributed by atoms with Gasteiger partial charge in [0, 0.05) is 11.8 Å². The number of rotatable bonds is 4. The molecule has 0 radical (unpaired) electrons. The van der Waals surface area contributed by atoms with Gasteiger partial charge < -0.3 is 9.59 Å². The van der Waals surface area contributed by atoms with Crippen molar-refractivity contribution in [1.82, 2.24) is 9.80 Å². The number of imide groups is 2. The molecule has 1 aliphatic carbocycles. The van der Waals surface area contributed by atoms with E-state index in [0.29, 0.717) is 22.4 Å². The molecule has 3 fully saturated rings. The molecule has 1 saturated carbocycles. The minimum Gasteiger partial charge on any atom is -0.303 e. The lowest BCUT2D eigenvalue weighted by Gasteiger charge is -2.37. The van der Waals surface area contributed by atoms with Gasteiger partial charge >= 0.3 is 0 Å². The molecule has 0 aromatic heterocycles. The standard InChI is InChI=1S/C16H12N4O6/c17-1-3-19-13(23)9-7(5-21)11-12(8(6-22)10(9)14(19)24)16(26)20(4-2-18)15(11)25/h5-12H,3-4H2. The number of fused-ring (bicyclic) bond motifs is 2. The van der Waals surface area contributed by atoms with E-state index < -0.39 is 72.2 Å². The molecule has 2 saturated heterocycles. The summed E-state index contributed by atoms with van der Waals surface area (Å²) in [5, 5.41) is 17.6. The van der Waals surface area contributed by atoms with Crippen LogP contribution in [0.3, 0.4) is 0 Å². The van der Waals surface area contributed by atoms with Crippen LogP contribution in [0.5, 0.6) is 0 Å². The van der Waals surface area contributed by atoms with Gasteiger partial charge in [-0.25, -0.2) is 0 Å². The summed E-state index contributed by atoms with van der Waals surface area (Å²) in [5.74, 6) is -10.9. The molecule has 4 amide bonds. The van der Waals surface area contributed by atoms with Crippen molar-refractivity contribution in [2.75, 3.05) is 13.1 Å². The molecule has 0 bridgehead atoms. The SMILES string of the molecule is N#CCN1C(=O)C2C(C=O)C3C(=O)N(CC#N)C(=O)C3C(C=O)C2C1=O. The smallest absolute Gasteiger partial charge is 0.234 e. The number of amides is 4. The van der Waals surface area contributed by atoms with E-state index in [-0.39, 0.29) is 0 Å². The van der Waals surface area contributed by atoms with Gasteiger partial charge in [-0.05, 0) is 0 Å². The Bertz CT molecular complexity index is 712. The van der Waals surface area contributed by atoms with Crippen LogP contribution < -0.4 is 0 Å². The average molecular weight is 356 g/mol. The second kappa shape index (κ2) is 6.15. The Morgan fingerprint density at radius 3 is 1.15 bits per heavy atom. The molecule has 10 heteroatoms. The van der Waals surface area contributed by atoms with Crippen molar-refractivity contribution < 1.29 is 28.8 Å². The molecule has 0 aromatic carbocycles. The van der Waals surface area contributed by atoms with Crippen molar-refractivity contribution in [3.05, 3.63) is 0 Å². The van der Waals surface area contributed by atoms with Crippen LogP contribution >= 0.6 is 0 Å². The first-order valence-electron chi connectivity index (χ1n) is 7.79. The second-order valence-electron chi connectivity index (χ2n) is 6.37. The monoisotopic (exact) mass is 356 g/mol. The average Bonchev–Trinajstić information content (AvgIpc) is 3.02. The normalized spacial score (nSPS) is 35.6. The van der Waals surface area contributed by atoms with E-state index in [1.54, 1.807) is 12.1 Å². The summed E-state index contributed by atoms with van der Waals surface area (Å²) in [6, 6.07) is 3.33. The van der Waals surface area contributed by atoms with Crippen molar-refractivity contribution in [3.63, 3.8) is 0 Å². The molecule has 0 spiro atoms. The number of likely N-dealkylation sites (tertiary alicyclic amines) is 2. The first kappa shape index (κ1) is 17.4. The van der Waals surface area contributed by atoms with Crippen LogP contribution in [-0.2, 0) is 28.8 Å². The summed E-state index contributed by atoms with van der Waals surface area (Å²) in [5.41, 5.74) is 0. The number of carbonyl (C=O) groups is 6. The fourth-order valence-corrected chi connectivity index (χ4v) is 4.41. The minimum absolute atomic E-state index is 0.346. The maximum atomic E-state index is 12.6. The summed E-state index contributed by atoms with van der Waals surface area (Å²) >= 11 is 0. The van der Waals surface area contributed by atoms with Gasteiger partial charge in [-0.3, -0.25) is 29.0 Å². The molecule has 4 atom stereocenters. The van der Waals surface area contributed by atoms with Crippen LogP contribution in [-0.4, -0.2) is 59.1 Å². The van der Waals surface area contributed by atoms with Gasteiger partial charge in [0.15, 0.2) is 0 Å². The molecular weight excluding hydrogens is 344 g/mol. The van der Waals surface area contributed by atoms with Crippen LogP contribution in [0.25, 0.3) is 0 Å². The third kappa shape index (κ3) is 2.02. The Kier molecular flexibility index (Phi) is 4.12. The first-order chi connectivity index (χ1) is 12.4. The van der Waals surface area contributed by atoms with Gasteiger partial charge in [0.1, 0.15) is 25.7 Å². The second-order valence-corrected chi connectivity index (χ2v) is 6.37. The number of hydrogen-bond donors (Lipinski definition) is 0. The molecule has 0 aromatic rings. The van der Waals surface area contributed by atoms with E-state index in [4.69, 9.17) is 10.5 Å². The molecule has 4 unspecified atom stereocenters. The van der Waals surface area contributed by atoms with Crippen molar-refractivity contribution in [2.45, 2.75) is 0 Å². The Labute approximate surface area is 146 Å². The first-order valence-corrected chi connectivity index (χ1v) is 7.79. The van der Waals surface area contributed by atoms with Crippen molar-refractivity contribution in [3.8, 4) is 12.1 Å². The summed E-state index contributed by atoms with van der Waals surface area (Å²) in [7, 11) is 0. The Morgan fingerprint density at radius 1 is 0.692 bits per heavy atom. The van der Waals surface area contributed by atoms with E-state index in [2.05, 4.69) is 0 Å². The molecule has 3 rings (SSSR count). The topological polar surface area (TPSA) is 156 Å². The Morgan fingerprint density at radius 2 is 0.962 bits per heavy atom. The lowest BCUT2D eigenvalue weighted by Crippen LogP contribution is -2.50. The molecule has 3 aliphatic rings. The van der Waals surface area contributed by atoms with E-state index in [9.17, 15) is 28.8 Å². The predicted molar refractivity (Wildman–Crippen MR) is 77.7 cm³/mol. The number of aldehydes is 2. The number of nitriles is 2. The van der Waals surface area contributed by atoms with E-state index in [0.717, 1.165) is 0 Å². The predicted octanol–water partition coefficient (Wildman–Crippen LogP) is -2.12. The van der Waals surface area contributed by atoms with Gasteiger partial charge in [0.2, 0.25) is 23.6 Å². The third-order valence-electron chi connectivity index (χ3n) is 5.41. The quantitative estimate of drug-likeness (QED) is 0.314. The molecule has 10 nitrogen and oxygen atoms in total. The summed E-state index contributed by atoms with van der Waals surface area (Å²) in [4.78, 5) is 75.0. The van der Waals surface area contributed by atoms with Crippen LogP contribution in [0.1, 0.15) is 0 Å². The highest BCUT2D eigenvalue weighted by atomic mass is 16.2. The maximum Gasteiger partial charge on any atom is 0.234 e. The fraction of sp³-hybridized carbons (Fsp3) is 0.500. The highest BCUT2D eigenvalue weighted by Crippen LogP contribution is 2.52. The minimum atomic E-state index is -1.28. The summed E-state index contributed by atoms with van der Waals surface area (Å²) in [6.07, 6.45) is 0.691. The highest BCUT2D eigenvalue weighted by molar-refractivity contribution is 6.13. The molecular formula is C16H12N4O6. The highest BCUT2D eigenvalue weighted by Gasteiger charge is 2.68. The lowest BCUT2D eigenvalue weighted by molar-refractivity contribution is -0.146. The van der Waals surface area contributed by atoms with E-state index in [1.165, 1.54) is 0 Å². The maximum absolute atomic E-state index is 12.6. The van der Waals surface area contributed by atoms with E-state index >= 15 is 0 Å². The molecule has 2 heterocycles. The van der Waals surface area contributed by atoms with Gasteiger partial charge in [0.25, 0.3) is 0 Å². The molecule has 26 heavy (non-hydrogen) atoms. The fourth-order valence-electron chi connectivity index (χ4n) is 4.41. The van der Waals surface area contributed by atoms with E-state index in [1.807, 2.05) is 0 Å². The van der Waals surface area contributed by atoms with Crippen molar-refractivity contribution in [2.24, 2.45) is 35.5 Å². The zero-order valence-corrected chi connectivity index (χ0v) is 13.3. The number of hydrogen-bond acceptors (Lipinski definition) is 8. The molecule has 0 N–H and O–H groups in total. The molecule has 2 aliphatic heterocycles. The summed E-state index contributed by atoms with van der Waals surface area (Å²) in [6.45, 7) is -1.08. The summed E-state index contributed by atoms with van der Waals surface area (Å²) < 4.78 is 0. The zero-order chi connectivity index (χ0) is 19.2. The Balaban J connectivity index is 2.13. The Hall–Kier alpha value is -3.40. The largest absolute Gasteiger partial charge is 0.303 e. The van der Waals surface area contributed by atoms with Crippen molar-refractivity contribution in [1.29, 1.82) is 10.5 Å². The number of nitrogens with zero attached hydrogens (tertiary/aromatic N) is 4. The zero-order valence-electron chi connectivity index (χ0n) is 13.3. The van der Waals surface area contributed by atoms with Gasteiger partial charge in [-0.15, -0.1) is 0 Å². The van der Waals surface area contributed by atoms with Crippen LogP contribution in [0.15, 0.2) is 0 Å². The lowest BCUT2D eigenvalue weighted by atomic mass is 9.59. The third-order valence-corrected chi connectivity index (χ3v) is 5.41. The number of carbonyl (C=O) groups excluding carboxylic acids is 6. The van der Waals surface area contributed by atoms with Crippen molar-refractivity contribution >= 4 is 36.2 Å². The van der Waals surface area contributed by atoms with Crippen LogP contribution in [0, 0.1) is 58.2 Å². The molecule has 132 valence electrons. The van der Waals surface area contributed by atoms with Gasteiger partial charge in [0.05, 0.1) is 35.8 Å². The van der Waals surface area contributed by atoms with Crippen LogP contribution in [0.2, 0.25) is 0 Å². The van der Waals surface area contributed by atoms with Gasteiger partial charge in [-0.2, -0.15) is 10.5 Å². The van der Waals surface area contributed by atoms with Gasteiger partial charge in [-0.1, -0.05) is 0 Å². The van der Waals surface area contributed by atoms with Crippen LogP contribution in [0.4, 0.5) is 0 Å².